The molecule has 1 saturated heterocycles. The van der Waals surface area contributed by atoms with Gasteiger partial charge in [-0.15, -0.1) is 0 Å². The van der Waals surface area contributed by atoms with Gasteiger partial charge in [0, 0.05) is 6.54 Å². The van der Waals surface area contributed by atoms with E-state index in [2.05, 4.69) is 18.3 Å². The van der Waals surface area contributed by atoms with Crippen LogP contribution in [0.25, 0.3) is 0 Å². The third-order valence-electron chi connectivity index (χ3n) is 3.46. The van der Waals surface area contributed by atoms with E-state index in [4.69, 9.17) is 4.74 Å². The minimum atomic E-state index is -2.77. The van der Waals surface area contributed by atoms with Crippen molar-refractivity contribution < 1.29 is 13.2 Å². The van der Waals surface area contributed by atoms with Crippen LogP contribution in [-0.4, -0.2) is 33.1 Å². The van der Waals surface area contributed by atoms with Crippen molar-refractivity contribution in [3.8, 4) is 5.75 Å². The van der Waals surface area contributed by atoms with Crippen molar-refractivity contribution in [1.29, 1.82) is 0 Å². The van der Waals surface area contributed by atoms with Gasteiger partial charge in [-0.3, -0.25) is 0 Å². The van der Waals surface area contributed by atoms with Crippen LogP contribution in [0.15, 0.2) is 24.3 Å². The zero-order chi connectivity index (χ0) is 14.4. The van der Waals surface area contributed by atoms with Gasteiger partial charge in [-0.2, -0.15) is 0 Å². The van der Waals surface area contributed by atoms with E-state index in [1.807, 2.05) is 18.2 Å². The molecule has 1 aromatic rings. The average molecular weight is 297 g/mol. The molecule has 0 amide bonds. The van der Waals surface area contributed by atoms with E-state index < -0.39 is 9.84 Å². The minimum Gasteiger partial charge on any atom is -0.494 e. The maximum atomic E-state index is 11.4. The van der Waals surface area contributed by atoms with Crippen LogP contribution in [0, 0.1) is 5.92 Å². The van der Waals surface area contributed by atoms with Crippen LogP contribution in [0.2, 0.25) is 0 Å². The van der Waals surface area contributed by atoms with Crippen LogP contribution in [0.5, 0.6) is 5.75 Å². The zero-order valence-electron chi connectivity index (χ0n) is 12.0. The molecule has 1 aliphatic rings. The molecule has 0 bridgehead atoms. The maximum Gasteiger partial charge on any atom is 0.150 e. The maximum absolute atomic E-state index is 11.4. The molecule has 112 valence electrons. The van der Waals surface area contributed by atoms with Gasteiger partial charge in [-0.25, -0.2) is 8.42 Å². The second-order valence-electron chi connectivity index (χ2n) is 5.40. The predicted octanol–water partition coefficient (Wildman–Crippen LogP) is 2.00. The van der Waals surface area contributed by atoms with Crippen molar-refractivity contribution in [3.05, 3.63) is 29.8 Å². The highest BCUT2D eigenvalue weighted by atomic mass is 32.2. The van der Waals surface area contributed by atoms with Gasteiger partial charge in [-0.05, 0) is 43.0 Å². The molecular weight excluding hydrogens is 274 g/mol. The Morgan fingerprint density at radius 1 is 1.40 bits per heavy atom. The molecule has 2 rings (SSSR count). The Balaban J connectivity index is 1.76. The lowest BCUT2D eigenvalue weighted by atomic mass is 10.1. The van der Waals surface area contributed by atoms with Crippen molar-refractivity contribution in [1.82, 2.24) is 5.32 Å². The average Bonchev–Trinajstić information content (AvgIpc) is 2.76. The smallest absolute Gasteiger partial charge is 0.150 e. The summed E-state index contributed by atoms with van der Waals surface area (Å²) in [5, 5.41) is 3.34. The summed E-state index contributed by atoms with van der Waals surface area (Å²) in [6, 6.07) is 8.04. The summed E-state index contributed by atoms with van der Waals surface area (Å²) in [4.78, 5) is 0. The summed E-state index contributed by atoms with van der Waals surface area (Å²) in [6.07, 6.45) is 1.79. The summed E-state index contributed by atoms with van der Waals surface area (Å²) in [5.41, 5.74) is 1.17. The Morgan fingerprint density at radius 3 is 2.95 bits per heavy atom. The van der Waals surface area contributed by atoms with Gasteiger partial charge in [0.25, 0.3) is 0 Å². The molecule has 1 aliphatic heterocycles. The summed E-state index contributed by atoms with van der Waals surface area (Å²) in [5.74, 6) is 1.84. The third kappa shape index (κ3) is 4.80. The zero-order valence-corrected chi connectivity index (χ0v) is 12.8. The fourth-order valence-corrected chi connectivity index (χ4v) is 4.28. The molecule has 1 unspecified atom stereocenters. The summed E-state index contributed by atoms with van der Waals surface area (Å²) in [6.45, 7) is 4.33. The number of ether oxygens (including phenoxy) is 1. The first kappa shape index (κ1) is 15.3. The highest BCUT2D eigenvalue weighted by Gasteiger charge is 2.27. The molecule has 20 heavy (non-hydrogen) atoms. The molecule has 1 fully saturated rings. The van der Waals surface area contributed by atoms with Gasteiger partial charge in [0.05, 0.1) is 18.1 Å². The van der Waals surface area contributed by atoms with Crippen LogP contribution in [0.4, 0.5) is 0 Å². The summed E-state index contributed by atoms with van der Waals surface area (Å²) in [7, 11) is -2.77. The van der Waals surface area contributed by atoms with Gasteiger partial charge in [0.15, 0.2) is 9.84 Å². The number of sulfone groups is 1. The standard InChI is InChI=1S/C15H23NO3S/c1-2-7-19-15-5-3-4-13(9-15)10-16-11-14-6-8-20(17,18)12-14/h3-5,9,14,16H,2,6-8,10-12H2,1H3. The van der Waals surface area contributed by atoms with E-state index in [-0.39, 0.29) is 5.92 Å². The van der Waals surface area contributed by atoms with E-state index in [1.54, 1.807) is 0 Å². The number of hydrogen-bond acceptors (Lipinski definition) is 4. The molecule has 1 heterocycles. The Kier molecular flexibility index (Phi) is 5.43. The second-order valence-corrected chi connectivity index (χ2v) is 7.62. The first-order valence-corrected chi connectivity index (χ1v) is 9.04. The SMILES string of the molecule is CCCOc1cccc(CNCC2CCS(=O)(=O)C2)c1. The molecule has 0 saturated carbocycles. The summed E-state index contributed by atoms with van der Waals surface area (Å²) < 4.78 is 28.3. The Bertz CT molecular complexity index is 528. The van der Waals surface area contributed by atoms with Crippen LogP contribution in [-0.2, 0) is 16.4 Å². The lowest BCUT2D eigenvalue weighted by Crippen LogP contribution is -2.23. The first-order valence-electron chi connectivity index (χ1n) is 7.22. The van der Waals surface area contributed by atoms with Gasteiger partial charge >= 0.3 is 0 Å². The molecule has 0 aliphatic carbocycles. The molecule has 0 spiro atoms. The Morgan fingerprint density at radius 2 is 2.25 bits per heavy atom. The quantitative estimate of drug-likeness (QED) is 0.836. The Labute approximate surface area is 121 Å². The molecule has 0 radical (unpaired) electrons. The van der Waals surface area contributed by atoms with E-state index in [0.29, 0.717) is 11.5 Å². The number of hydrogen-bond donors (Lipinski definition) is 1. The van der Waals surface area contributed by atoms with Gasteiger partial charge in [0.2, 0.25) is 0 Å². The van der Waals surface area contributed by atoms with Crippen LogP contribution >= 0.6 is 0 Å². The largest absolute Gasteiger partial charge is 0.494 e. The van der Waals surface area contributed by atoms with Gasteiger partial charge in [0.1, 0.15) is 5.75 Å². The van der Waals surface area contributed by atoms with Crippen molar-refractivity contribution in [2.24, 2.45) is 5.92 Å². The fourth-order valence-electron chi connectivity index (χ4n) is 2.42. The van der Waals surface area contributed by atoms with Crippen LogP contribution in [0.3, 0.4) is 0 Å². The molecule has 1 N–H and O–H groups in total. The topological polar surface area (TPSA) is 55.4 Å². The van der Waals surface area contributed by atoms with E-state index in [9.17, 15) is 8.42 Å². The summed E-state index contributed by atoms with van der Waals surface area (Å²) >= 11 is 0. The van der Waals surface area contributed by atoms with Crippen LogP contribution < -0.4 is 10.1 Å². The van der Waals surface area contributed by atoms with Crippen molar-refractivity contribution in [2.45, 2.75) is 26.3 Å². The second kappa shape index (κ2) is 7.09. The molecule has 1 aromatic carbocycles. The van der Waals surface area contributed by atoms with Crippen LogP contribution in [0.1, 0.15) is 25.3 Å². The lowest BCUT2D eigenvalue weighted by Gasteiger charge is -2.11. The fraction of sp³-hybridized carbons (Fsp3) is 0.600. The molecule has 5 heteroatoms. The monoisotopic (exact) mass is 297 g/mol. The number of benzene rings is 1. The predicted molar refractivity (Wildman–Crippen MR) is 80.7 cm³/mol. The van der Waals surface area contributed by atoms with E-state index in [0.717, 1.165) is 38.3 Å². The molecule has 0 aromatic heterocycles. The third-order valence-corrected chi connectivity index (χ3v) is 5.30. The van der Waals surface area contributed by atoms with Gasteiger partial charge in [-0.1, -0.05) is 19.1 Å². The molecule has 4 nitrogen and oxygen atoms in total. The van der Waals surface area contributed by atoms with Crippen molar-refractivity contribution in [2.75, 3.05) is 24.7 Å². The minimum absolute atomic E-state index is 0.263. The van der Waals surface area contributed by atoms with Gasteiger partial charge < -0.3 is 10.1 Å². The van der Waals surface area contributed by atoms with E-state index in [1.165, 1.54) is 5.56 Å². The Hall–Kier alpha value is -1.07. The molecular formula is C15H23NO3S. The number of nitrogens with one attached hydrogen (secondary N) is 1. The lowest BCUT2D eigenvalue weighted by molar-refractivity contribution is 0.317. The highest BCUT2D eigenvalue weighted by Crippen LogP contribution is 2.18. The normalized spacial score (nSPS) is 20.9. The first-order chi connectivity index (χ1) is 9.59. The van der Waals surface area contributed by atoms with Crippen molar-refractivity contribution in [3.63, 3.8) is 0 Å². The molecule has 1 atom stereocenters. The highest BCUT2D eigenvalue weighted by molar-refractivity contribution is 7.91. The van der Waals surface area contributed by atoms with E-state index >= 15 is 0 Å². The number of rotatable bonds is 7. The van der Waals surface area contributed by atoms with Crippen molar-refractivity contribution >= 4 is 9.84 Å².